The van der Waals surface area contributed by atoms with Gasteiger partial charge in [-0.05, 0) is 48.9 Å². The summed E-state index contributed by atoms with van der Waals surface area (Å²) in [6, 6.07) is 18.2. The lowest BCUT2D eigenvalue weighted by Crippen LogP contribution is -2.14. The number of nitrogens with zero attached hydrogens (tertiary/aromatic N) is 2. The summed E-state index contributed by atoms with van der Waals surface area (Å²) in [5, 5.41) is 0.252. The molecule has 0 fully saturated rings. The Morgan fingerprint density at radius 3 is 2.23 bits per heavy atom. The summed E-state index contributed by atoms with van der Waals surface area (Å²) in [5.41, 5.74) is 1.80. The number of thioether (sulfide) groups is 1. The van der Waals surface area contributed by atoms with Crippen molar-refractivity contribution in [1.29, 1.82) is 0 Å². The van der Waals surface area contributed by atoms with Gasteiger partial charge in [-0.3, -0.25) is 0 Å². The second-order valence-electron chi connectivity index (χ2n) is 6.95. The van der Waals surface area contributed by atoms with Gasteiger partial charge >= 0.3 is 6.18 Å². The number of benzene rings is 3. The Labute approximate surface area is 181 Å². The smallest absolute Gasteiger partial charge is 0.222 e. The van der Waals surface area contributed by atoms with Crippen LogP contribution >= 0.6 is 11.8 Å². The zero-order chi connectivity index (χ0) is 22.2. The van der Waals surface area contributed by atoms with Crippen LogP contribution in [0.4, 0.5) is 13.2 Å². The van der Waals surface area contributed by atoms with Gasteiger partial charge in [-0.2, -0.15) is 13.2 Å². The molecule has 0 amide bonds. The predicted octanol–water partition coefficient (Wildman–Crippen LogP) is 5.89. The fraction of sp³-hybridized carbons (Fsp3) is 0.136. The zero-order valence-corrected chi connectivity index (χ0v) is 17.9. The Morgan fingerprint density at radius 2 is 1.58 bits per heavy atom. The van der Waals surface area contributed by atoms with Crippen molar-refractivity contribution in [3.8, 4) is 0 Å². The van der Waals surface area contributed by atoms with Crippen molar-refractivity contribution in [2.45, 2.75) is 28.9 Å². The van der Waals surface area contributed by atoms with Crippen LogP contribution < -0.4 is 0 Å². The Kier molecular flexibility index (Phi) is 5.57. The number of alkyl halides is 3. The van der Waals surface area contributed by atoms with Crippen molar-refractivity contribution in [3.05, 3.63) is 89.5 Å². The molecule has 0 N–H and O–H groups in total. The molecule has 0 bridgehead atoms. The first-order chi connectivity index (χ1) is 14.7. The van der Waals surface area contributed by atoms with Crippen LogP contribution in [0.25, 0.3) is 11.0 Å². The summed E-state index contributed by atoms with van der Waals surface area (Å²) in [4.78, 5) is 4.60. The van der Waals surface area contributed by atoms with Crippen molar-refractivity contribution < 1.29 is 21.6 Å². The highest BCUT2D eigenvalue weighted by molar-refractivity contribution is 7.99. The lowest BCUT2D eigenvalue weighted by molar-refractivity contribution is -0.137. The van der Waals surface area contributed by atoms with Crippen molar-refractivity contribution in [2.24, 2.45) is 0 Å². The van der Waals surface area contributed by atoms with Crippen LogP contribution in [0.5, 0.6) is 0 Å². The molecule has 0 aliphatic rings. The molecule has 3 aromatic carbocycles. The number of imidazole rings is 1. The van der Waals surface area contributed by atoms with Gasteiger partial charge in [0, 0.05) is 5.75 Å². The highest BCUT2D eigenvalue weighted by Crippen LogP contribution is 2.32. The minimum absolute atomic E-state index is 0.137. The summed E-state index contributed by atoms with van der Waals surface area (Å²) >= 11 is 1.16. The molecule has 0 aliphatic carbocycles. The molecule has 0 radical (unpaired) electrons. The van der Waals surface area contributed by atoms with Gasteiger partial charge in [-0.25, -0.2) is 17.4 Å². The van der Waals surface area contributed by atoms with E-state index in [4.69, 9.17) is 0 Å². The highest BCUT2D eigenvalue weighted by Gasteiger charge is 2.30. The third kappa shape index (κ3) is 4.33. The van der Waals surface area contributed by atoms with Crippen molar-refractivity contribution >= 4 is 32.8 Å². The normalized spacial score (nSPS) is 12.4. The molecule has 0 atom stereocenters. The van der Waals surface area contributed by atoms with Gasteiger partial charge in [0.2, 0.25) is 0 Å². The molecule has 0 saturated heterocycles. The third-order valence-corrected chi connectivity index (χ3v) is 7.54. The molecule has 4 aromatic rings. The first-order valence-corrected chi connectivity index (χ1v) is 11.7. The molecule has 0 spiro atoms. The van der Waals surface area contributed by atoms with Crippen molar-refractivity contribution in [2.75, 3.05) is 0 Å². The Bertz CT molecular complexity index is 1330. The van der Waals surface area contributed by atoms with Gasteiger partial charge in [0.1, 0.15) is 0 Å². The summed E-state index contributed by atoms with van der Waals surface area (Å²) in [6.45, 7) is 1.87. The van der Waals surface area contributed by atoms with Gasteiger partial charge in [-0.1, -0.05) is 53.7 Å². The molecule has 1 heterocycles. The van der Waals surface area contributed by atoms with Crippen LogP contribution in [0.15, 0.2) is 82.8 Å². The Balaban J connectivity index is 1.71. The molecule has 0 saturated carbocycles. The maximum Gasteiger partial charge on any atom is 0.416 e. The van der Waals surface area contributed by atoms with E-state index < -0.39 is 21.8 Å². The van der Waals surface area contributed by atoms with Crippen molar-refractivity contribution in [3.63, 3.8) is 0 Å². The lowest BCUT2D eigenvalue weighted by Gasteiger charge is -2.11. The lowest BCUT2D eigenvalue weighted by atomic mass is 10.1. The number of hydrogen-bond acceptors (Lipinski definition) is 4. The summed E-state index contributed by atoms with van der Waals surface area (Å²) in [6.07, 6.45) is -4.40. The van der Waals surface area contributed by atoms with Crippen LogP contribution in [0.3, 0.4) is 0 Å². The average molecular weight is 463 g/mol. The Morgan fingerprint density at radius 1 is 0.935 bits per heavy atom. The summed E-state index contributed by atoms with van der Waals surface area (Å²) in [5.74, 6) is 0.269. The van der Waals surface area contributed by atoms with E-state index in [2.05, 4.69) is 4.98 Å². The van der Waals surface area contributed by atoms with Crippen molar-refractivity contribution in [1.82, 2.24) is 8.96 Å². The highest BCUT2D eigenvalue weighted by atomic mass is 32.2. The van der Waals surface area contributed by atoms with Crippen LogP contribution in [0.2, 0.25) is 0 Å². The molecule has 0 unspecified atom stereocenters. The molecule has 4 nitrogen and oxygen atoms in total. The topological polar surface area (TPSA) is 52.0 Å². The molecular weight excluding hydrogens is 445 g/mol. The first-order valence-electron chi connectivity index (χ1n) is 9.25. The van der Waals surface area contributed by atoms with E-state index in [0.717, 1.165) is 29.5 Å². The van der Waals surface area contributed by atoms with Gasteiger partial charge in [-0.15, -0.1) is 0 Å². The standard InChI is InChI=1S/C22H17F3N2O2S2/c1-15-6-12-18(13-7-15)31(28,29)27-20-5-3-2-4-19(20)26-21(27)30-14-16-8-10-17(11-9-16)22(23,24)25/h2-13H,14H2,1H3. The van der Waals surface area contributed by atoms with E-state index in [1.165, 1.54) is 16.1 Å². The second-order valence-corrected chi connectivity index (χ2v) is 9.68. The maximum atomic E-state index is 13.4. The Hall–Kier alpha value is -2.78. The average Bonchev–Trinajstić information content (AvgIpc) is 3.11. The fourth-order valence-corrected chi connectivity index (χ4v) is 5.73. The molecule has 9 heteroatoms. The molecule has 4 rings (SSSR count). The SMILES string of the molecule is Cc1ccc(S(=O)(=O)n2c(SCc3ccc(C(F)(F)F)cc3)nc3ccccc32)cc1. The molecular formula is C22H17F3N2O2S2. The van der Waals surface area contributed by atoms with Crippen LogP contribution in [0.1, 0.15) is 16.7 Å². The summed E-state index contributed by atoms with van der Waals surface area (Å²) in [7, 11) is -3.92. The van der Waals surface area contributed by atoms with E-state index in [1.807, 2.05) is 6.92 Å². The monoisotopic (exact) mass is 462 g/mol. The predicted molar refractivity (Wildman–Crippen MR) is 115 cm³/mol. The first kappa shape index (κ1) is 21.5. The van der Waals surface area contributed by atoms with Crippen LogP contribution in [-0.4, -0.2) is 17.4 Å². The molecule has 0 aliphatic heterocycles. The molecule has 1 aromatic heterocycles. The van der Waals surface area contributed by atoms with Crippen LogP contribution in [0, 0.1) is 6.92 Å². The number of rotatable bonds is 5. The van der Waals surface area contributed by atoms with E-state index >= 15 is 0 Å². The molecule has 160 valence electrons. The van der Waals surface area contributed by atoms with Gasteiger partial charge in [0.15, 0.2) is 5.16 Å². The van der Waals surface area contributed by atoms with E-state index in [-0.39, 0.29) is 15.8 Å². The fourth-order valence-electron chi connectivity index (χ4n) is 3.06. The largest absolute Gasteiger partial charge is 0.416 e. The van der Waals surface area contributed by atoms with E-state index in [0.29, 0.717) is 16.6 Å². The quantitative estimate of drug-likeness (QED) is 0.347. The number of para-hydroxylation sites is 2. The number of halogens is 3. The van der Waals surface area contributed by atoms with Gasteiger partial charge in [0.25, 0.3) is 10.0 Å². The minimum Gasteiger partial charge on any atom is -0.222 e. The number of hydrogen-bond donors (Lipinski definition) is 0. The number of fused-ring (bicyclic) bond motifs is 1. The summed E-state index contributed by atoms with van der Waals surface area (Å²) < 4.78 is 66.3. The maximum absolute atomic E-state index is 13.4. The van der Waals surface area contributed by atoms with Crippen LogP contribution in [-0.2, 0) is 22.0 Å². The third-order valence-electron chi connectivity index (χ3n) is 4.70. The number of aryl methyl sites for hydroxylation is 1. The van der Waals surface area contributed by atoms with Gasteiger partial charge in [0.05, 0.1) is 21.5 Å². The molecule has 31 heavy (non-hydrogen) atoms. The second kappa shape index (κ2) is 8.05. The zero-order valence-electron chi connectivity index (χ0n) is 16.3. The van der Waals surface area contributed by atoms with Gasteiger partial charge < -0.3 is 0 Å². The van der Waals surface area contributed by atoms with E-state index in [1.54, 1.807) is 48.5 Å². The minimum atomic E-state index is -4.40. The van der Waals surface area contributed by atoms with E-state index in [9.17, 15) is 21.6 Å². The number of aromatic nitrogens is 2.